The molecule has 0 bridgehead atoms. The molecule has 1 unspecified atom stereocenters. The number of thiophene rings is 1. The van der Waals surface area contributed by atoms with Gasteiger partial charge < -0.3 is 5.73 Å². The van der Waals surface area contributed by atoms with E-state index in [9.17, 15) is 4.39 Å². The molecule has 1 aromatic carbocycles. The Labute approximate surface area is 109 Å². The highest BCUT2D eigenvalue weighted by molar-refractivity contribution is 7.10. The van der Waals surface area contributed by atoms with Gasteiger partial charge in [0, 0.05) is 4.88 Å². The lowest BCUT2D eigenvalue weighted by Crippen LogP contribution is -2.34. The zero-order chi connectivity index (χ0) is 12.5. The average molecular weight is 270 g/mol. The number of rotatable bonds is 3. The van der Waals surface area contributed by atoms with Crippen LogP contribution in [0.25, 0.3) is 0 Å². The van der Waals surface area contributed by atoms with Crippen molar-refractivity contribution in [2.45, 2.75) is 18.9 Å². The van der Waals surface area contributed by atoms with Crippen molar-refractivity contribution in [3.63, 3.8) is 0 Å². The van der Waals surface area contributed by atoms with E-state index < -0.39 is 5.54 Å². The summed E-state index contributed by atoms with van der Waals surface area (Å²) in [5.41, 5.74) is 6.57. The Bertz CT molecular complexity index is 522. The summed E-state index contributed by atoms with van der Waals surface area (Å²) >= 11 is 7.61. The molecule has 0 saturated heterocycles. The first-order valence-corrected chi connectivity index (χ1v) is 6.51. The van der Waals surface area contributed by atoms with Gasteiger partial charge in [-0.2, -0.15) is 0 Å². The molecule has 0 aliphatic carbocycles. The highest BCUT2D eigenvalue weighted by atomic mass is 35.5. The average Bonchev–Trinajstić information content (AvgIpc) is 2.64. The van der Waals surface area contributed by atoms with Crippen LogP contribution in [0.2, 0.25) is 5.02 Å². The maximum Gasteiger partial charge on any atom is 0.123 e. The Kier molecular flexibility index (Phi) is 3.52. The van der Waals surface area contributed by atoms with E-state index in [0.29, 0.717) is 11.4 Å². The van der Waals surface area contributed by atoms with Gasteiger partial charge in [0.05, 0.1) is 10.6 Å². The summed E-state index contributed by atoms with van der Waals surface area (Å²) in [5, 5.41) is 2.59. The van der Waals surface area contributed by atoms with E-state index in [-0.39, 0.29) is 5.82 Å². The molecule has 0 fully saturated rings. The van der Waals surface area contributed by atoms with Gasteiger partial charge in [-0.15, -0.1) is 11.3 Å². The van der Waals surface area contributed by atoms with Crippen molar-refractivity contribution >= 4 is 22.9 Å². The molecule has 0 amide bonds. The second-order valence-corrected chi connectivity index (χ2v) is 5.65. The summed E-state index contributed by atoms with van der Waals surface area (Å²) in [6.45, 7) is 1.91. The molecule has 0 aliphatic heterocycles. The zero-order valence-electron chi connectivity index (χ0n) is 9.41. The quantitative estimate of drug-likeness (QED) is 0.897. The van der Waals surface area contributed by atoms with Crippen LogP contribution in [-0.4, -0.2) is 0 Å². The fourth-order valence-electron chi connectivity index (χ4n) is 1.85. The minimum atomic E-state index is -0.570. The van der Waals surface area contributed by atoms with Gasteiger partial charge in [0.15, 0.2) is 0 Å². The Balaban J connectivity index is 2.26. The van der Waals surface area contributed by atoms with Crippen molar-refractivity contribution in [3.8, 4) is 0 Å². The van der Waals surface area contributed by atoms with Gasteiger partial charge in [-0.3, -0.25) is 0 Å². The summed E-state index contributed by atoms with van der Waals surface area (Å²) < 4.78 is 13.1. The second kappa shape index (κ2) is 4.77. The fourth-order valence-corrected chi connectivity index (χ4v) is 3.20. The standard InChI is InChI=1S/C13H13ClFNS/c1-13(16,12-11(14)5-6-17-12)8-9-3-2-4-10(15)7-9/h2-7H,8,16H2,1H3. The normalized spacial score (nSPS) is 14.6. The van der Waals surface area contributed by atoms with Gasteiger partial charge in [0.1, 0.15) is 5.82 Å². The summed E-state index contributed by atoms with van der Waals surface area (Å²) in [7, 11) is 0. The molecule has 1 aromatic heterocycles. The highest BCUT2D eigenvalue weighted by Crippen LogP contribution is 2.33. The molecule has 2 N–H and O–H groups in total. The van der Waals surface area contributed by atoms with Crippen LogP contribution < -0.4 is 5.73 Å². The van der Waals surface area contributed by atoms with Crippen molar-refractivity contribution < 1.29 is 4.39 Å². The van der Waals surface area contributed by atoms with Crippen molar-refractivity contribution in [3.05, 3.63) is 57.0 Å². The van der Waals surface area contributed by atoms with E-state index in [1.165, 1.54) is 23.5 Å². The zero-order valence-corrected chi connectivity index (χ0v) is 11.0. The Morgan fingerprint density at radius 2 is 2.18 bits per heavy atom. The van der Waals surface area contributed by atoms with Gasteiger partial charge in [0.2, 0.25) is 0 Å². The van der Waals surface area contributed by atoms with Crippen LogP contribution in [-0.2, 0) is 12.0 Å². The first-order chi connectivity index (χ1) is 7.99. The molecule has 2 aromatic rings. The molecule has 17 heavy (non-hydrogen) atoms. The van der Waals surface area contributed by atoms with Crippen LogP contribution in [0.1, 0.15) is 17.4 Å². The summed E-state index contributed by atoms with van der Waals surface area (Å²) in [5.74, 6) is -0.240. The Hall–Kier alpha value is -0.900. The molecule has 1 nitrogen and oxygen atoms in total. The summed E-state index contributed by atoms with van der Waals surface area (Å²) in [4.78, 5) is 0.934. The van der Waals surface area contributed by atoms with E-state index in [0.717, 1.165) is 10.4 Å². The highest BCUT2D eigenvalue weighted by Gasteiger charge is 2.25. The van der Waals surface area contributed by atoms with Crippen LogP contribution in [0.4, 0.5) is 4.39 Å². The lowest BCUT2D eigenvalue weighted by atomic mass is 9.92. The van der Waals surface area contributed by atoms with E-state index >= 15 is 0 Å². The number of hydrogen-bond donors (Lipinski definition) is 1. The molecule has 0 spiro atoms. The smallest absolute Gasteiger partial charge is 0.123 e. The third kappa shape index (κ3) is 2.86. The molecule has 1 atom stereocenters. The molecule has 2 rings (SSSR count). The predicted octanol–water partition coefficient (Wildman–Crippen LogP) is 3.96. The van der Waals surface area contributed by atoms with E-state index in [1.54, 1.807) is 6.07 Å². The van der Waals surface area contributed by atoms with Crippen LogP contribution >= 0.6 is 22.9 Å². The monoisotopic (exact) mass is 269 g/mol. The second-order valence-electron chi connectivity index (χ2n) is 4.32. The molecule has 1 heterocycles. The Morgan fingerprint density at radius 1 is 1.41 bits per heavy atom. The van der Waals surface area contributed by atoms with Gasteiger partial charge >= 0.3 is 0 Å². The van der Waals surface area contributed by atoms with E-state index in [4.69, 9.17) is 17.3 Å². The molecule has 0 saturated carbocycles. The maximum absolute atomic E-state index is 13.1. The lowest BCUT2D eigenvalue weighted by molar-refractivity contribution is 0.500. The number of hydrogen-bond acceptors (Lipinski definition) is 2. The van der Waals surface area contributed by atoms with Crippen LogP contribution in [0.5, 0.6) is 0 Å². The molecular formula is C13H13ClFNS. The Morgan fingerprint density at radius 3 is 2.76 bits per heavy atom. The van der Waals surface area contributed by atoms with E-state index in [1.807, 2.05) is 24.4 Å². The lowest BCUT2D eigenvalue weighted by Gasteiger charge is -2.24. The van der Waals surface area contributed by atoms with Gasteiger partial charge in [0.25, 0.3) is 0 Å². The van der Waals surface area contributed by atoms with Crippen LogP contribution in [0.3, 0.4) is 0 Å². The SMILES string of the molecule is CC(N)(Cc1cccc(F)c1)c1sccc1Cl. The van der Waals surface area contributed by atoms with Crippen LogP contribution in [0.15, 0.2) is 35.7 Å². The predicted molar refractivity (Wildman–Crippen MR) is 71.0 cm³/mol. The minimum Gasteiger partial charge on any atom is -0.321 e. The van der Waals surface area contributed by atoms with E-state index in [2.05, 4.69) is 0 Å². The fraction of sp³-hybridized carbons (Fsp3) is 0.231. The van der Waals surface area contributed by atoms with Crippen molar-refractivity contribution in [2.75, 3.05) is 0 Å². The number of halogens is 2. The topological polar surface area (TPSA) is 26.0 Å². The molecule has 90 valence electrons. The van der Waals surface area contributed by atoms with Gasteiger partial charge in [-0.05, 0) is 42.5 Å². The molecule has 4 heteroatoms. The number of nitrogens with two attached hydrogens (primary N) is 1. The van der Waals surface area contributed by atoms with Crippen molar-refractivity contribution in [2.24, 2.45) is 5.73 Å². The molecule has 0 radical (unpaired) electrons. The summed E-state index contributed by atoms with van der Waals surface area (Å²) in [6, 6.07) is 8.33. The number of benzene rings is 1. The van der Waals surface area contributed by atoms with Crippen molar-refractivity contribution in [1.29, 1.82) is 0 Å². The minimum absolute atomic E-state index is 0.240. The largest absolute Gasteiger partial charge is 0.321 e. The molecular weight excluding hydrogens is 257 g/mol. The summed E-state index contributed by atoms with van der Waals surface area (Å²) in [6.07, 6.45) is 0.561. The third-order valence-corrected chi connectivity index (χ3v) is 4.22. The first-order valence-electron chi connectivity index (χ1n) is 5.26. The van der Waals surface area contributed by atoms with Gasteiger partial charge in [-0.1, -0.05) is 23.7 Å². The first kappa shape index (κ1) is 12.6. The van der Waals surface area contributed by atoms with Crippen LogP contribution in [0, 0.1) is 5.82 Å². The maximum atomic E-state index is 13.1. The van der Waals surface area contributed by atoms with Gasteiger partial charge in [-0.25, -0.2) is 4.39 Å². The third-order valence-electron chi connectivity index (χ3n) is 2.60. The van der Waals surface area contributed by atoms with Crippen molar-refractivity contribution in [1.82, 2.24) is 0 Å². The molecule has 0 aliphatic rings.